The lowest BCUT2D eigenvalue weighted by atomic mass is 9.95. The Hall–Kier alpha value is -1.53. The summed E-state index contributed by atoms with van der Waals surface area (Å²) in [5, 5.41) is 8.98. The first-order valence-electron chi connectivity index (χ1n) is 5.92. The van der Waals surface area contributed by atoms with E-state index in [9.17, 15) is 4.79 Å². The summed E-state index contributed by atoms with van der Waals surface area (Å²) in [7, 11) is 0. The molecule has 1 aromatic rings. The van der Waals surface area contributed by atoms with Crippen molar-refractivity contribution in [2.45, 2.75) is 32.6 Å². The van der Waals surface area contributed by atoms with Gasteiger partial charge in [0.15, 0.2) is 0 Å². The van der Waals surface area contributed by atoms with Gasteiger partial charge in [0.05, 0.1) is 24.7 Å². The molecule has 0 radical (unpaired) electrons. The first kappa shape index (κ1) is 14.5. The van der Waals surface area contributed by atoms with Gasteiger partial charge in [0, 0.05) is 5.88 Å². The molecule has 0 spiro atoms. The monoisotopic (exact) mass is 265 g/mol. The topological polar surface area (TPSA) is 50.1 Å². The second-order valence-electron chi connectivity index (χ2n) is 3.85. The molecule has 0 bridgehead atoms. The molecule has 0 aliphatic heterocycles. The first-order valence-corrected chi connectivity index (χ1v) is 6.46. The minimum absolute atomic E-state index is 0.165. The summed E-state index contributed by atoms with van der Waals surface area (Å²) in [6.45, 7) is 4.12. The number of halogens is 1. The molecule has 0 amide bonds. The number of nitriles is 1. The van der Waals surface area contributed by atoms with Crippen LogP contribution in [-0.2, 0) is 28.3 Å². The van der Waals surface area contributed by atoms with Gasteiger partial charge in [-0.2, -0.15) is 5.26 Å². The van der Waals surface area contributed by atoms with Crippen molar-refractivity contribution in [1.82, 2.24) is 0 Å². The van der Waals surface area contributed by atoms with E-state index >= 15 is 0 Å². The first-order chi connectivity index (χ1) is 8.65. The molecular weight excluding hydrogens is 250 g/mol. The van der Waals surface area contributed by atoms with Gasteiger partial charge in [-0.15, -0.1) is 11.6 Å². The minimum atomic E-state index is -0.291. The van der Waals surface area contributed by atoms with Gasteiger partial charge in [0.2, 0.25) is 0 Å². The van der Waals surface area contributed by atoms with Gasteiger partial charge in [0.25, 0.3) is 0 Å². The molecule has 1 aromatic carbocycles. The molecule has 0 N–H and O–H groups in total. The van der Waals surface area contributed by atoms with Crippen molar-refractivity contribution < 1.29 is 9.53 Å². The van der Waals surface area contributed by atoms with Gasteiger partial charge in [-0.3, -0.25) is 4.79 Å². The summed E-state index contributed by atoms with van der Waals surface area (Å²) in [6.07, 6.45) is 0.950. The Kier molecular flexibility index (Phi) is 5.67. The molecule has 18 heavy (non-hydrogen) atoms. The highest BCUT2D eigenvalue weighted by Crippen LogP contribution is 2.21. The number of esters is 1. The molecule has 96 valence electrons. The van der Waals surface area contributed by atoms with Crippen molar-refractivity contribution in [2.24, 2.45) is 0 Å². The number of aryl methyl sites for hydroxylation is 1. The van der Waals surface area contributed by atoms with E-state index in [2.05, 4.69) is 6.07 Å². The third kappa shape index (κ3) is 3.48. The molecule has 0 aromatic heterocycles. The molecule has 4 heteroatoms. The fourth-order valence-corrected chi connectivity index (χ4v) is 2.22. The zero-order valence-electron chi connectivity index (χ0n) is 10.6. The molecule has 0 unspecified atom stereocenters. The van der Waals surface area contributed by atoms with Crippen molar-refractivity contribution in [3.8, 4) is 6.07 Å². The summed E-state index contributed by atoms with van der Waals surface area (Å²) < 4.78 is 4.93. The van der Waals surface area contributed by atoms with Crippen LogP contribution >= 0.6 is 11.6 Å². The Morgan fingerprint density at radius 1 is 1.39 bits per heavy atom. The van der Waals surface area contributed by atoms with Crippen molar-refractivity contribution in [3.63, 3.8) is 0 Å². The number of hydrogen-bond donors (Lipinski definition) is 0. The number of carbonyl (C=O) groups is 1. The predicted octanol–water partition coefficient (Wildman–Crippen LogP) is 2.97. The highest BCUT2D eigenvalue weighted by molar-refractivity contribution is 6.17. The molecule has 0 aliphatic carbocycles. The maximum atomic E-state index is 11.5. The van der Waals surface area contributed by atoms with E-state index in [0.29, 0.717) is 18.1 Å². The average Bonchev–Trinajstić information content (AvgIpc) is 2.37. The van der Waals surface area contributed by atoms with E-state index in [-0.39, 0.29) is 12.4 Å². The van der Waals surface area contributed by atoms with Crippen LogP contribution in [0.3, 0.4) is 0 Å². The van der Waals surface area contributed by atoms with E-state index in [1.165, 1.54) is 0 Å². The standard InChI is InChI=1S/C14H16ClNO2/c1-3-11-5-10(9-16)6-12(13(11)8-15)7-14(17)18-4-2/h5-6H,3-4,7-8H2,1-2H3. The summed E-state index contributed by atoms with van der Waals surface area (Å²) in [4.78, 5) is 11.5. The fraction of sp³-hybridized carbons (Fsp3) is 0.429. The lowest BCUT2D eigenvalue weighted by molar-refractivity contribution is -0.142. The molecule has 1 rings (SSSR count). The Balaban J connectivity index is 3.15. The number of alkyl halides is 1. The van der Waals surface area contributed by atoms with Crippen LogP contribution in [0.2, 0.25) is 0 Å². The molecule has 0 atom stereocenters. The van der Waals surface area contributed by atoms with E-state index in [1.807, 2.05) is 13.0 Å². The van der Waals surface area contributed by atoms with E-state index in [1.54, 1.807) is 13.0 Å². The van der Waals surface area contributed by atoms with Crippen LogP contribution in [0.25, 0.3) is 0 Å². The molecule has 0 saturated carbocycles. The SMILES string of the molecule is CCOC(=O)Cc1cc(C#N)cc(CC)c1CCl. The number of benzene rings is 1. The molecule has 0 heterocycles. The molecule has 3 nitrogen and oxygen atoms in total. The van der Waals surface area contributed by atoms with Gasteiger partial charge in [0.1, 0.15) is 0 Å². The van der Waals surface area contributed by atoms with E-state index < -0.39 is 0 Å². The highest BCUT2D eigenvalue weighted by atomic mass is 35.5. The molecule has 0 saturated heterocycles. The summed E-state index contributed by atoms with van der Waals surface area (Å²) in [5.74, 6) is 0.0462. The second-order valence-corrected chi connectivity index (χ2v) is 4.12. The third-order valence-corrected chi connectivity index (χ3v) is 2.99. The lowest BCUT2D eigenvalue weighted by Gasteiger charge is -2.12. The van der Waals surface area contributed by atoms with Crippen molar-refractivity contribution in [2.75, 3.05) is 6.61 Å². The van der Waals surface area contributed by atoms with Gasteiger partial charge >= 0.3 is 5.97 Å². The van der Waals surface area contributed by atoms with Crippen LogP contribution in [0.5, 0.6) is 0 Å². The zero-order chi connectivity index (χ0) is 13.5. The van der Waals surface area contributed by atoms with Crippen LogP contribution in [0.4, 0.5) is 0 Å². The average molecular weight is 266 g/mol. The number of nitrogens with zero attached hydrogens (tertiary/aromatic N) is 1. The number of carbonyl (C=O) groups excluding carboxylic acids is 1. The van der Waals surface area contributed by atoms with Crippen LogP contribution in [0.1, 0.15) is 36.1 Å². The summed E-state index contributed by atoms with van der Waals surface area (Å²) >= 11 is 5.94. The minimum Gasteiger partial charge on any atom is -0.466 e. The smallest absolute Gasteiger partial charge is 0.310 e. The number of hydrogen-bond acceptors (Lipinski definition) is 3. The fourth-order valence-electron chi connectivity index (χ4n) is 1.87. The lowest BCUT2D eigenvalue weighted by Crippen LogP contribution is -2.10. The van der Waals surface area contributed by atoms with Crippen LogP contribution in [-0.4, -0.2) is 12.6 Å². The largest absolute Gasteiger partial charge is 0.466 e. The molecule has 0 fully saturated rings. The second kappa shape index (κ2) is 7.03. The van der Waals surface area contributed by atoms with E-state index in [4.69, 9.17) is 21.6 Å². The maximum Gasteiger partial charge on any atom is 0.310 e. The van der Waals surface area contributed by atoms with Crippen molar-refractivity contribution >= 4 is 17.6 Å². The summed E-state index contributed by atoms with van der Waals surface area (Å²) in [5.41, 5.74) is 3.30. The number of ether oxygens (including phenoxy) is 1. The highest BCUT2D eigenvalue weighted by Gasteiger charge is 2.13. The van der Waals surface area contributed by atoms with Gasteiger partial charge < -0.3 is 4.74 Å². The van der Waals surface area contributed by atoms with Crippen LogP contribution in [0.15, 0.2) is 12.1 Å². The van der Waals surface area contributed by atoms with Gasteiger partial charge in [-0.25, -0.2) is 0 Å². The molecule has 0 aliphatic rings. The quantitative estimate of drug-likeness (QED) is 0.607. The number of rotatable bonds is 5. The van der Waals surface area contributed by atoms with Crippen molar-refractivity contribution in [1.29, 1.82) is 5.26 Å². The van der Waals surface area contributed by atoms with Gasteiger partial charge in [-0.05, 0) is 42.2 Å². The normalized spacial score (nSPS) is 9.89. The Morgan fingerprint density at radius 2 is 2.06 bits per heavy atom. The molecular formula is C14H16ClNO2. The third-order valence-electron chi connectivity index (χ3n) is 2.72. The Morgan fingerprint density at radius 3 is 2.56 bits per heavy atom. The zero-order valence-corrected chi connectivity index (χ0v) is 11.4. The Labute approximate surface area is 112 Å². The Bertz CT molecular complexity index is 477. The predicted molar refractivity (Wildman–Crippen MR) is 70.4 cm³/mol. The summed E-state index contributed by atoms with van der Waals surface area (Å²) in [6, 6.07) is 5.65. The van der Waals surface area contributed by atoms with Crippen LogP contribution < -0.4 is 0 Å². The van der Waals surface area contributed by atoms with E-state index in [0.717, 1.165) is 23.1 Å². The van der Waals surface area contributed by atoms with Crippen LogP contribution in [0, 0.1) is 11.3 Å². The van der Waals surface area contributed by atoms with Crippen molar-refractivity contribution in [3.05, 3.63) is 34.4 Å². The maximum absolute atomic E-state index is 11.5. The van der Waals surface area contributed by atoms with Gasteiger partial charge in [-0.1, -0.05) is 6.92 Å².